The Morgan fingerprint density at radius 1 is 0.857 bits per heavy atom. The molecule has 0 saturated carbocycles. The van der Waals surface area contributed by atoms with E-state index in [-0.39, 0.29) is 17.2 Å². The number of phenols is 2. The number of carbonyl (C=O) groups excluding carboxylic acids is 2. The van der Waals surface area contributed by atoms with Gasteiger partial charge in [0.05, 0.1) is 0 Å². The molecule has 0 aliphatic rings. The molecule has 108 valence electrons. The van der Waals surface area contributed by atoms with Crippen LogP contribution in [0.15, 0.2) is 42.5 Å². The third-order valence-corrected chi connectivity index (χ3v) is 2.59. The highest BCUT2D eigenvalue weighted by molar-refractivity contribution is 6.00. The summed E-state index contributed by atoms with van der Waals surface area (Å²) >= 11 is 0. The number of hydrogen-bond acceptors (Lipinski definition) is 4. The third kappa shape index (κ3) is 3.87. The summed E-state index contributed by atoms with van der Waals surface area (Å²) in [5.74, 6) is -0.895. The zero-order valence-corrected chi connectivity index (χ0v) is 10.8. The molecule has 0 aliphatic heterocycles. The van der Waals surface area contributed by atoms with E-state index in [1.54, 1.807) is 0 Å². The first-order chi connectivity index (χ1) is 9.94. The normalized spacial score (nSPS) is 9.90. The van der Waals surface area contributed by atoms with E-state index in [9.17, 15) is 19.8 Å². The maximum absolute atomic E-state index is 11.7. The Kier molecular flexibility index (Phi) is 3.94. The fourth-order valence-electron chi connectivity index (χ4n) is 1.68. The maximum atomic E-state index is 11.7. The predicted octanol–water partition coefficient (Wildman–Crippen LogP) is 1.84. The number of rotatable bonds is 3. The summed E-state index contributed by atoms with van der Waals surface area (Å²) in [6, 6.07) is 9.18. The Balaban J connectivity index is 2.02. The molecule has 0 aliphatic carbocycles. The van der Waals surface area contributed by atoms with E-state index in [0.29, 0.717) is 11.3 Å². The first kappa shape index (κ1) is 14.2. The van der Waals surface area contributed by atoms with Crippen LogP contribution in [-0.2, 0) is 0 Å². The van der Waals surface area contributed by atoms with Crippen LogP contribution in [0.3, 0.4) is 0 Å². The largest absolute Gasteiger partial charge is 0.508 e. The molecule has 0 aromatic heterocycles. The number of nitrogens with two attached hydrogens (primary N) is 1. The second-order valence-electron chi connectivity index (χ2n) is 4.26. The Labute approximate surface area is 120 Å². The molecule has 0 fully saturated rings. The van der Waals surface area contributed by atoms with Crippen LogP contribution >= 0.6 is 0 Å². The Morgan fingerprint density at radius 3 is 1.90 bits per heavy atom. The molecular weight excluding hydrogens is 274 g/mol. The van der Waals surface area contributed by atoms with Gasteiger partial charge < -0.3 is 26.6 Å². The monoisotopic (exact) mass is 287 g/mol. The molecule has 0 radical (unpaired) electrons. The third-order valence-electron chi connectivity index (χ3n) is 2.59. The van der Waals surface area contributed by atoms with E-state index in [1.807, 2.05) is 0 Å². The van der Waals surface area contributed by atoms with Crippen LogP contribution in [0.25, 0.3) is 0 Å². The van der Waals surface area contributed by atoms with Crippen LogP contribution in [0.2, 0.25) is 0 Å². The molecule has 21 heavy (non-hydrogen) atoms. The van der Waals surface area contributed by atoms with Gasteiger partial charge in [-0.3, -0.25) is 4.79 Å². The van der Waals surface area contributed by atoms with Gasteiger partial charge in [-0.25, -0.2) is 4.79 Å². The van der Waals surface area contributed by atoms with Crippen molar-refractivity contribution in [3.63, 3.8) is 0 Å². The number of carbonyl (C=O) groups is 2. The smallest absolute Gasteiger partial charge is 0.323 e. The van der Waals surface area contributed by atoms with Crippen LogP contribution in [-0.4, -0.2) is 22.2 Å². The molecule has 0 heterocycles. The van der Waals surface area contributed by atoms with E-state index < -0.39 is 11.9 Å². The lowest BCUT2D eigenvalue weighted by Crippen LogP contribution is -2.19. The number of urea groups is 1. The molecule has 6 N–H and O–H groups in total. The number of phenolic OH excluding ortho intramolecular Hbond substituents is 2. The molecule has 0 saturated heterocycles. The standard InChI is InChI=1S/C14H13N3O4/c15-13(20)8-1-3-9(4-2-8)16-14(21)17-10-5-11(18)7-12(19)6-10/h1-7,18-19H,(H2,15,20)(H2,16,17,21). The molecule has 2 rings (SSSR count). The lowest BCUT2D eigenvalue weighted by Gasteiger charge is -2.08. The van der Waals surface area contributed by atoms with E-state index in [4.69, 9.17) is 5.73 Å². The van der Waals surface area contributed by atoms with Crippen molar-refractivity contribution in [3.8, 4) is 11.5 Å². The Morgan fingerprint density at radius 2 is 1.38 bits per heavy atom. The minimum absolute atomic E-state index is 0.170. The molecule has 7 nitrogen and oxygen atoms in total. The number of nitrogens with one attached hydrogen (secondary N) is 2. The molecule has 0 atom stereocenters. The topological polar surface area (TPSA) is 125 Å². The van der Waals surface area contributed by atoms with Gasteiger partial charge in [0.25, 0.3) is 0 Å². The van der Waals surface area contributed by atoms with Crippen molar-refractivity contribution in [2.75, 3.05) is 10.6 Å². The maximum Gasteiger partial charge on any atom is 0.323 e. The molecule has 0 unspecified atom stereocenters. The lowest BCUT2D eigenvalue weighted by molar-refractivity contribution is 0.100. The van der Waals surface area contributed by atoms with Gasteiger partial charge in [0.2, 0.25) is 5.91 Å². The minimum Gasteiger partial charge on any atom is -0.508 e. The van der Waals surface area contributed by atoms with Crippen LogP contribution < -0.4 is 16.4 Å². The SMILES string of the molecule is NC(=O)c1ccc(NC(=O)Nc2cc(O)cc(O)c2)cc1. The summed E-state index contributed by atoms with van der Waals surface area (Å²) in [6.07, 6.45) is 0. The molecule has 3 amide bonds. The number of aromatic hydroxyl groups is 2. The van der Waals surface area contributed by atoms with Gasteiger partial charge in [-0.05, 0) is 24.3 Å². The summed E-state index contributed by atoms with van der Waals surface area (Å²) < 4.78 is 0. The van der Waals surface area contributed by atoms with Crippen molar-refractivity contribution in [1.29, 1.82) is 0 Å². The van der Waals surface area contributed by atoms with Crippen LogP contribution in [0.5, 0.6) is 11.5 Å². The summed E-state index contributed by atoms with van der Waals surface area (Å²) in [6.45, 7) is 0. The fourth-order valence-corrected chi connectivity index (χ4v) is 1.68. The predicted molar refractivity (Wildman–Crippen MR) is 77.4 cm³/mol. The van der Waals surface area contributed by atoms with Crippen molar-refractivity contribution in [2.24, 2.45) is 5.73 Å². The highest BCUT2D eigenvalue weighted by atomic mass is 16.3. The average molecular weight is 287 g/mol. The summed E-state index contributed by atoms with van der Waals surface area (Å²) in [5.41, 5.74) is 6.14. The second-order valence-corrected chi connectivity index (χ2v) is 4.26. The highest BCUT2D eigenvalue weighted by Gasteiger charge is 2.06. The van der Waals surface area contributed by atoms with E-state index in [1.165, 1.54) is 36.4 Å². The quantitative estimate of drug-likeness (QED) is 0.590. The number of amides is 3. The van der Waals surface area contributed by atoms with Crippen LogP contribution in [0, 0.1) is 0 Å². The van der Waals surface area contributed by atoms with Gasteiger partial charge in [-0.15, -0.1) is 0 Å². The fraction of sp³-hybridized carbons (Fsp3) is 0. The van der Waals surface area contributed by atoms with Gasteiger partial charge in [-0.2, -0.15) is 0 Å². The van der Waals surface area contributed by atoms with Gasteiger partial charge in [0.15, 0.2) is 0 Å². The van der Waals surface area contributed by atoms with E-state index >= 15 is 0 Å². The van der Waals surface area contributed by atoms with Crippen LogP contribution in [0.1, 0.15) is 10.4 Å². The van der Waals surface area contributed by atoms with Crippen molar-refractivity contribution in [2.45, 2.75) is 0 Å². The summed E-state index contributed by atoms with van der Waals surface area (Å²) in [7, 11) is 0. The van der Waals surface area contributed by atoms with Gasteiger partial charge in [0, 0.05) is 35.1 Å². The van der Waals surface area contributed by atoms with E-state index in [2.05, 4.69) is 10.6 Å². The molecule has 2 aromatic carbocycles. The van der Waals surface area contributed by atoms with Gasteiger partial charge in [-0.1, -0.05) is 0 Å². The van der Waals surface area contributed by atoms with Crippen molar-refractivity contribution < 1.29 is 19.8 Å². The average Bonchev–Trinajstić information content (AvgIpc) is 2.37. The molecule has 2 aromatic rings. The first-order valence-electron chi connectivity index (χ1n) is 5.95. The Hall–Kier alpha value is -3.22. The van der Waals surface area contributed by atoms with Crippen LogP contribution in [0.4, 0.5) is 16.2 Å². The summed E-state index contributed by atoms with van der Waals surface area (Å²) in [5, 5.41) is 23.6. The molecule has 7 heteroatoms. The van der Waals surface area contributed by atoms with Gasteiger partial charge in [0.1, 0.15) is 11.5 Å². The second kappa shape index (κ2) is 5.83. The zero-order chi connectivity index (χ0) is 15.4. The number of anilines is 2. The number of primary amides is 1. The van der Waals surface area contributed by atoms with Crippen molar-refractivity contribution >= 4 is 23.3 Å². The number of hydrogen-bond donors (Lipinski definition) is 5. The Bertz CT molecular complexity index is 663. The summed E-state index contributed by atoms with van der Waals surface area (Å²) in [4.78, 5) is 22.7. The highest BCUT2D eigenvalue weighted by Crippen LogP contribution is 2.24. The number of benzene rings is 2. The molecule has 0 spiro atoms. The van der Waals surface area contributed by atoms with Crippen molar-refractivity contribution in [1.82, 2.24) is 0 Å². The lowest BCUT2D eigenvalue weighted by atomic mass is 10.2. The minimum atomic E-state index is -0.563. The van der Waals surface area contributed by atoms with Gasteiger partial charge >= 0.3 is 6.03 Å². The first-order valence-corrected chi connectivity index (χ1v) is 5.95. The zero-order valence-electron chi connectivity index (χ0n) is 10.8. The molecule has 0 bridgehead atoms. The van der Waals surface area contributed by atoms with Crippen molar-refractivity contribution in [3.05, 3.63) is 48.0 Å². The molecular formula is C14H13N3O4. The van der Waals surface area contributed by atoms with E-state index in [0.717, 1.165) is 6.07 Å².